The standard InChI is InChI=1S/C22H26BrClN2O2/c1-3-4-13-25-22(28)16(2)26(15-17-9-11-19(23)12-10-17)21(27)14-18-7-5-6-8-20(18)24/h5-12,16H,3-4,13-15H2,1-2H3,(H,25,28)/t16-/m1/s1. The fraction of sp³-hybridized carbons (Fsp3) is 0.364. The number of carbonyl (C=O) groups is 2. The molecule has 0 aliphatic carbocycles. The number of carbonyl (C=O) groups excluding carboxylic acids is 2. The van der Waals surface area contributed by atoms with Gasteiger partial charge in [0.05, 0.1) is 6.42 Å². The van der Waals surface area contributed by atoms with Gasteiger partial charge in [-0.2, -0.15) is 0 Å². The lowest BCUT2D eigenvalue weighted by molar-refractivity contribution is -0.140. The lowest BCUT2D eigenvalue weighted by atomic mass is 10.1. The fourth-order valence-electron chi connectivity index (χ4n) is 2.81. The van der Waals surface area contributed by atoms with Crippen LogP contribution in [-0.2, 0) is 22.6 Å². The Kier molecular flexibility index (Phi) is 9.00. The van der Waals surface area contributed by atoms with Crippen molar-refractivity contribution in [1.29, 1.82) is 0 Å². The van der Waals surface area contributed by atoms with Crippen LogP contribution in [0.1, 0.15) is 37.8 Å². The summed E-state index contributed by atoms with van der Waals surface area (Å²) >= 11 is 9.64. The highest BCUT2D eigenvalue weighted by Crippen LogP contribution is 2.19. The number of nitrogens with zero attached hydrogens (tertiary/aromatic N) is 1. The molecule has 4 nitrogen and oxygen atoms in total. The van der Waals surface area contributed by atoms with Crippen LogP contribution in [0.25, 0.3) is 0 Å². The molecule has 2 aromatic rings. The first-order valence-corrected chi connectivity index (χ1v) is 10.6. The molecule has 28 heavy (non-hydrogen) atoms. The van der Waals surface area contributed by atoms with Gasteiger partial charge >= 0.3 is 0 Å². The van der Waals surface area contributed by atoms with Crippen molar-refractivity contribution in [3.8, 4) is 0 Å². The molecule has 2 amide bonds. The van der Waals surface area contributed by atoms with E-state index < -0.39 is 6.04 Å². The highest BCUT2D eigenvalue weighted by Gasteiger charge is 2.26. The second kappa shape index (κ2) is 11.2. The average molecular weight is 466 g/mol. The first-order valence-electron chi connectivity index (χ1n) is 9.47. The van der Waals surface area contributed by atoms with Crippen LogP contribution in [0.3, 0.4) is 0 Å². The number of unbranched alkanes of at least 4 members (excludes halogenated alkanes) is 1. The van der Waals surface area contributed by atoms with E-state index in [2.05, 4.69) is 28.2 Å². The number of hydrogen-bond acceptors (Lipinski definition) is 2. The Hall–Kier alpha value is -1.85. The molecule has 2 aromatic carbocycles. The molecule has 0 spiro atoms. The number of halogens is 2. The van der Waals surface area contributed by atoms with Crippen molar-refractivity contribution in [2.75, 3.05) is 6.54 Å². The molecular formula is C22H26BrClN2O2. The zero-order valence-electron chi connectivity index (χ0n) is 16.3. The van der Waals surface area contributed by atoms with Crippen molar-refractivity contribution in [3.63, 3.8) is 0 Å². The van der Waals surface area contributed by atoms with Crippen molar-refractivity contribution in [3.05, 3.63) is 69.2 Å². The van der Waals surface area contributed by atoms with E-state index in [0.717, 1.165) is 28.4 Å². The van der Waals surface area contributed by atoms with E-state index in [-0.39, 0.29) is 18.2 Å². The Labute approximate surface area is 180 Å². The van der Waals surface area contributed by atoms with Crippen LogP contribution in [-0.4, -0.2) is 29.3 Å². The maximum absolute atomic E-state index is 13.1. The molecule has 0 heterocycles. The third kappa shape index (κ3) is 6.64. The molecule has 0 aliphatic heterocycles. The molecule has 0 aliphatic rings. The molecule has 2 rings (SSSR count). The molecule has 0 aromatic heterocycles. The molecule has 0 radical (unpaired) electrons. The maximum Gasteiger partial charge on any atom is 0.242 e. The topological polar surface area (TPSA) is 49.4 Å². The normalized spacial score (nSPS) is 11.7. The summed E-state index contributed by atoms with van der Waals surface area (Å²) in [5, 5.41) is 3.48. The monoisotopic (exact) mass is 464 g/mol. The van der Waals surface area contributed by atoms with E-state index in [9.17, 15) is 9.59 Å². The lowest BCUT2D eigenvalue weighted by Gasteiger charge is -2.29. The minimum Gasteiger partial charge on any atom is -0.354 e. The molecule has 0 bridgehead atoms. The molecule has 0 saturated carbocycles. The van der Waals surface area contributed by atoms with Crippen LogP contribution in [0, 0.1) is 0 Å². The molecule has 0 saturated heterocycles. The molecule has 150 valence electrons. The number of nitrogens with one attached hydrogen (secondary N) is 1. The SMILES string of the molecule is CCCCNC(=O)[C@@H](C)N(Cc1ccc(Br)cc1)C(=O)Cc1ccccc1Cl. The van der Waals surface area contributed by atoms with Crippen LogP contribution < -0.4 is 5.32 Å². The Bertz CT molecular complexity index is 795. The van der Waals surface area contributed by atoms with Crippen molar-refractivity contribution >= 4 is 39.3 Å². The van der Waals surface area contributed by atoms with Crippen molar-refractivity contribution in [2.45, 2.75) is 45.7 Å². The third-order valence-electron chi connectivity index (χ3n) is 4.56. The van der Waals surface area contributed by atoms with Gasteiger partial charge in [-0.3, -0.25) is 9.59 Å². The highest BCUT2D eigenvalue weighted by molar-refractivity contribution is 9.10. The van der Waals surface area contributed by atoms with Gasteiger partial charge in [-0.15, -0.1) is 0 Å². The maximum atomic E-state index is 13.1. The number of benzene rings is 2. The first-order chi connectivity index (χ1) is 13.4. The van der Waals surface area contributed by atoms with Crippen LogP contribution in [0.5, 0.6) is 0 Å². The van der Waals surface area contributed by atoms with Crippen molar-refractivity contribution in [1.82, 2.24) is 10.2 Å². The van der Waals surface area contributed by atoms with E-state index in [1.54, 1.807) is 17.9 Å². The zero-order valence-corrected chi connectivity index (χ0v) is 18.6. The van der Waals surface area contributed by atoms with Gasteiger partial charge in [-0.25, -0.2) is 0 Å². The minimum atomic E-state index is -0.574. The quantitative estimate of drug-likeness (QED) is 0.531. The van der Waals surface area contributed by atoms with E-state index in [1.165, 1.54) is 0 Å². The van der Waals surface area contributed by atoms with Crippen LogP contribution in [0.4, 0.5) is 0 Å². The van der Waals surface area contributed by atoms with Gasteiger partial charge in [-0.05, 0) is 42.7 Å². The summed E-state index contributed by atoms with van der Waals surface area (Å²) in [4.78, 5) is 27.3. The van der Waals surface area contributed by atoms with Gasteiger partial charge in [0.15, 0.2) is 0 Å². The van der Waals surface area contributed by atoms with Crippen LogP contribution >= 0.6 is 27.5 Å². The Morgan fingerprint density at radius 2 is 1.82 bits per heavy atom. The summed E-state index contributed by atoms with van der Waals surface area (Å²) in [6.07, 6.45) is 2.07. The predicted molar refractivity (Wildman–Crippen MR) is 117 cm³/mol. The van der Waals surface area contributed by atoms with Gasteiger partial charge in [-0.1, -0.05) is 71.2 Å². The summed E-state index contributed by atoms with van der Waals surface area (Å²) in [7, 11) is 0. The molecule has 1 atom stereocenters. The molecule has 1 N–H and O–H groups in total. The molecule has 0 unspecified atom stereocenters. The Balaban J connectivity index is 2.18. The van der Waals surface area contributed by atoms with E-state index in [0.29, 0.717) is 18.1 Å². The van der Waals surface area contributed by atoms with Gasteiger partial charge in [0.2, 0.25) is 11.8 Å². The Morgan fingerprint density at radius 3 is 2.46 bits per heavy atom. The van der Waals surface area contributed by atoms with Gasteiger partial charge in [0, 0.05) is 22.6 Å². The molecule has 6 heteroatoms. The first kappa shape index (κ1) is 22.4. The van der Waals surface area contributed by atoms with Gasteiger partial charge in [0.25, 0.3) is 0 Å². The summed E-state index contributed by atoms with van der Waals surface area (Å²) in [5.74, 6) is -0.271. The number of hydrogen-bond donors (Lipinski definition) is 1. The zero-order chi connectivity index (χ0) is 20.5. The highest BCUT2D eigenvalue weighted by atomic mass is 79.9. The second-order valence-electron chi connectivity index (χ2n) is 6.74. The molecule has 0 fully saturated rings. The Morgan fingerprint density at radius 1 is 1.14 bits per heavy atom. The van der Waals surface area contributed by atoms with Gasteiger partial charge < -0.3 is 10.2 Å². The fourth-order valence-corrected chi connectivity index (χ4v) is 3.28. The number of amides is 2. The summed E-state index contributed by atoms with van der Waals surface area (Å²) < 4.78 is 0.968. The van der Waals surface area contributed by atoms with Crippen molar-refractivity contribution < 1.29 is 9.59 Å². The van der Waals surface area contributed by atoms with Crippen LogP contribution in [0.15, 0.2) is 53.0 Å². The van der Waals surface area contributed by atoms with E-state index in [1.807, 2.05) is 42.5 Å². The van der Waals surface area contributed by atoms with Gasteiger partial charge in [0.1, 0.15) is 6.04 Å². The van der Waals surface area contributed by atoms with Crippen molar-refractivity contribution in [2.24, 2.45) is 0 Å². The third-order valence-corrected chi connectivity index (χ3v) is 5.46. The largest absolute Gasteiger partial charge is 0.354 e. The summed E-state index contributed by atoms with van der Waals surface area (Å²) in [6.45, 7) is 4.82. The average Bonchev–Trinajstić information content (AvgIpc) is 2.68. The smallest absolute Gasteiger partial charge is 0.242 e. The predicted octanol–water partition coefficient (Wildman–Crippen LogP) is 4.98. The summed E-state index contributed by atoms with van der Waals surface area (Å²) in [6, 6.07) is 14.5. The second-order valence-corrected chi connectivity index (χ2v) is 8.06. The minimum absolute atomic E-state index is 0.130. The number of rotatable bonds is 9. The molecular weight excluding hydrogens is 440 g/mol. The van der Waals surface area contributed by atoms with E-state index >= 15 is 0 Å². The lowest BCUT2D eigenvalue weighted by Crippen LogP contribution is -2.48. The summed E-state index contributed by atoms with van der Waals surface area (Å²) in [5.41, 5.74) is 1.72. The van der Waals surface area contributed by atoms with E-state index in [4.69, 9.17) is 11.6 Å². The van der Waals surface area contributed by atoms with Crippen LogP contribution in [0.2, 0.25) is 5.02 Å².